The van der Waals surface area contributed by atoms with Crippen LogP contribution >= 0.6 is 0 Å². The SMILES string of the molecule is OC1CCC(C2CCC(c3cc(F)c(-c4ccc(F)c(F)c4)c(F)c3)CC2)CC1. The fraction of sp³-hybridized carbons (Fsp3) is 0.500. The summed E-state index contributed by atoms with van der Waals surface area (Å²) in [5.74, 6) is -2.25. The summed E-state index contributed by atoms with van der Waals surface area (Å²) in [6, 6.07) is 5.58. The van der Waals surface area contributed by atoms with Crippen LogP contribution in [0.2, 0.25) is 0 Å². The zero-order valence-electron chi connectivity index (χ0n) is 16.3. The standard InChI is InChI=1S/C24H26F4O/c25-20-10-7-17(11-21(20)26)24-22(27)12-18(13-23(24)28)16-3-1-14(2-4-16)15-5-8-19(29)9-6-15/h7,10-16,19,29H,1-6,8-9H2. The van der Waals surface area contributed by atoms with Crippen LogP contribution in [0.1, 0.15) is 62.8 Å². The lowest BCUT2D eigenvalue weighted by atomic mass is 9.69. The maximum atomic E-state index is 14.7. The maximum Gasteiger partial charge on any atom is 0.159 e. The highest BCUT2D eigenvalue weighted by Crippen LogP contribution is 2.43. The molecule has 0 amide bonds. The first-order chi connectivity index (χ1) is 13.9. The van der Waals surface area contributed by atoms with E-state index in [4.69, 9.17) is 0 Å². The number of hydrogen-bond donors (Lipinski definition) is 1. The average Bonchev–Trinajstić information content (AvgIpc) is 2.71. The summed E-state index contributed by atoms with van der Waals surface area (Å²) >= 11 is 0. The fourth-order valence-corrected chi connectivity index (χ4v) is 5.25. The van der Waals surface area contributed by atoms with E-state index in [0.29, 0.717) is 17.4 Å². The van der Waals surface area contributed by atoms with Gasteiger partial charge in [0.2, 0.25) is 0 Å². The van der Waals surface area contributed by atoms with E-state index in [1.54, 1.807) is 0 Å². The quantitative estimate of drug-likeness (QED) is 0.560. The molecule has 0 bridgehead atoms. The van der Waals surface area contributed by atoms with Gasteiger partial charge in [-0.25, -0.2) is 17.6 Å². The zero-order valence-corrected chi connectivity index (χ0v) is 16.3. The van der Waals surface area contributed by atoms with Gasteiger partial charge in [-0.1, -0.05) is 6.07 Å². The Labute approximate surface area is 168 Å². The summed E-state index contributed by atoms with van der Waals surface area (Å²) in [5.41, 5.74) is 0.319. The molecular formula is C24H26F4O. The Hall–Kier alpha value is -1.88. The summed E-state index contributed by atoms with van der Waals surface area (Å²) in [6.07, 6.45) is 7.63. The van der Waals surface area contributed by atoms with Crippen LogP contribution in [0.15, 0.2) is 30.3 Å². The van der Waals surface area contributed by atoms with Crippen molar-refractivity contribution in [3.05, 3.63) is 59.2 Å². The largest absolute Gasteiger partial charge is 0.393 e. The highest BCUT2D eigenvalue weighted by atomic mass is 19.2. The number of benzene rings is 2. The lowest BCUT2D eigenvalue weighted by molar-refractivity contribution is 0.0805. The van der Waals surface area contributed by atoms with Gasteiger partial charge in [0.1, 0.15) is 11.6 Å². The third-order valence-electron chi connectivity index (χ3n) is 6.92. The molecule has 2 fully saturated rings. The van der Waals surface area contributed by atoms with Crippen molar-refractivity contribution >= 4 is 0 Å². The molecule has 0 saturated heterocycles. The molecule has 0 spiro atoms. The molecule has 0 heterocycles. The second kappa shape index (κ2) is 8.47. The Kier molecular flexibility index (Phi) is 5.95. The Morgan fingerprint density at radius 1 is 0.621 bits per heavy atom. The molecule has 2 aliphatic carbocycles. The molecule has 156 valence electrons. The summed E-state index contributed by atoms with van der Waals surface area (Å²) in [5, 5.41) is 9.69. The van der Waals surface area contributed by atoms with E-state index in [0.717, 1.165) is 63.5 Å². The first kappa shape index (κ1) is 20.4. The third-order valence-corrected chi connectivity index (χ3v) is 6.92. The minimum Gasteiger partial charge on any atom is -0.393 e. The smallest absolute Gasteiger partial charge is 0.159 e. The number of halogens is 4. The van der Waals surface area contributed by atoms with E-state index >= 15 is 0 Å². The van der Waals surface area contributed by atoms with Crippen molar-refractivity contribution in [1.82, 2.24) is 0 Å². The van der Waals surface area contributed by atoms with Gasteiger partial charge in [0.15, 0.2) is 11.6 Å². The van der Waals surface area contributed by atoms with Crippen LogP contribution in [0.3, 0.4) is 0 Å². The van der Waals surface area contributed by atoms with Gasteiger partial charge in [0.05, 0.1) is 11.7 Å². The molecule has 29 heavy (non-hydrogen) atoms. The van der Waals surface area contributed by atoms with Crippen molar-refractivity contribution in [1.29, 1.82) is 0 Å². The Morgan fingerprint density at radius 3 is 1.72 bits per heavy atom. The first-order valence-electron chi connectivity index (χ1n) is 10.5. The summed E-state index contributed by atoms with van der Waals surface area (Å²) in [6.45, 7) is 0. The van der Waals surface area contributed by atoms with Crippen molar-refractivity contribution in [3.63, 3.8) is 0 Å². The van der Waals surface area contributed by atoms with Crippen molar-refractivity contribution in [3.8, 4) is 11.1 Å². The van der Waals surface area contributed by atoms with Gasteiger partial charge < -0.3 is 5.11 Å². The van der Waals surface area contributed by atoms with Crippen molar-refractivity contribution < 1.29 is 22.7 Å². The number of aliphatic hydroxyl groups is 1. The molecule has 2 aromatic carbocycles. The van der Waals surface area contributed by atoms with Gasteiger partial charge in [0.25, 0.3) is 0 Å². The van der Waals surface area contributed by atoms with Crippen LogP contribution in [-0.2, 0) is 0 Å². The van der Waals surface area contributed by atoms with Crippen LogP contribution in [0, 0.1) is 35.1 Å². The Bertz CT molecular complexity index is 842. The van der Waals surface area contributed by atoms with E-state index in [1.165, 1.54) is 18.2 Å². The predicted octanol–water partition coefficient (Wildman–Crippen LogP) is 6.73. The minimum absolute atomic E-state index is 0.00588. The highest BCUT2D eigenvalue weighted by molar-refractivity contribution is 5.65. The van der Waals surface area contributed by atoms with Gasteiger partial charge in [-0.2, -0.15) is 0 Å². The van der Waals surface area contributed by atoms with Crippen molar-refractivity contribution in [2.45, 2.75) is 63.4 Å². The molecule has 2 aliphatic rings. The van der Waals surface area contributed by atoms with Crippen LogP contribution in [0.5, 0.6) is 0 Å². The van der Waals surface area contributed by atoms with Crippen molar-refractivity contribution in [2.75, 3.05) is 0 Å². The molecule has 1 nitrogen and oxygen atoms in total. The van der Waals surface area contributed by atoms with E-state index in [1.807, 2.05) is 0 Å². The van der Waals surface area contributed by atoms with E-state index in [9.17, 15) is 22.7 Å². The van der Waals surface area contributed by atoms with Gasteiger partial charge in [-0.05, 0) is 105 Å². The zero-order chi connectivity index (χ0) is 20.5. The Morgan fingerprint density at radius 2 is 1.17 bits per heavy atom. The molecule has 0 aliphatic heterocycles. The molecule has 2 saturated carbocycles. The average molecular weight is 406 g/mol. The van der Waals surface area contributed by atoms with E-state index in [2.05, 4.69) is 0 Å². The van der Waals surface area contributed by atoms with Crippen LogP contribution in [0.4, 0.5) is 17.6 Å². The van der Waals surface area contributed by atoms with Gasteiger partial charge >= 0.3 is 0 Å². The summed E-state index contributed by atoms with van der Waals surface area (Å²) < 4.78 is 56.0. The van der Waals surface area contributed by atoms with E-state index < -0.39 is 23.3 Å². The predicted molar refractivity (Wildman–Crippen MR) is 104 cm³/mol. The lowest BCUT2D eigenvalue weighted by Crippen LogP contribution is -2.27. The molecule has 0 aromatic heterocycles. The summed E-state index contributed by atoms with van der Waals surface area (Å²) in [7, 11) is 0. The molecule has 0 unspecified atom stereocenters. The third kappa shape index (κ3) is 4.35. The second-order valence-corrected chi connectivity index (χ2v) is 8.67. The number of hydrogen-bond acceptors (Lipinski definition) is 1. The highest BCUT2D eigenvalue weighted by Gasteiger charge is 2.31. The topological polar surface area (TPSA) is 20.2 Å². The molecule has 5 heteroatoms. The van der Waals surface area contributed by atoms with Gasteiger partial charge in [-0.15, -0.1) is 0 Å². The molecule has 1 N–H and O–H groups in total. The first-order valence-corrected chi connectivity index (χ1v) is 10.5. The maximum absolute atomic E-state index is 14.7. The normalized spacial score (nSPS) is 27.8. The van der Waals surface area contributed by atoms with Gasteiger partial charge in [0, 0.05) is 0 Å². The monoisotopic (exact) mass is 406 g/mol. The Balaban J connectivity index is 1.47. The van der Waals surface area contributed by atoms with E-state index in [-0.39, 0.29) is 23.1 Å². The second-order valence-electron chi connectivity index (χ2n) is 8.67. The van der Waals surface area contributed by atoms with Crippen LogP contribution in [-0.4, -0.2) is 11.2 Å². The molecule has 0 radical (unpaired) electrons. The van der Waals surface area contributed by atoms with Crippen molar-refractivity contribution in [2.24, 2.45) is 11.8 Å². The minimum atomic E-state index is -1.13. The number of rotatable bonds is 3. The van der Waals surface area contributed by atoms with Crippen LogP contribution in [0.25, 0.3) is 11.1 Å². The lowest BCUT2D eigenvalue weighted by Gasteiger charge is -2.37. The van der Waals surface area contributed by atoms with Crippen LogP contribution < -0.4 is 0 Å². The molecular weight excluding hydrogens is 380 g/mol. The fourth-order valence-electron chi connectivity index (χ4n) is 5.25. The summed E-state index contributed by atoms with van der Waals surface area (Å²) in [4.78, 5) is 0. The molecule has 2 aromatic rings. The number of aliphatic hydroxyl groups excluding tert-OH is 1. The molecule has 4 rings (SSSR count). The molecule has 0 atom stereocenters. The van der Waals surface area contributed by atoms with Gasteiger partial charge in [-0.3, -0.25) is 0 Å².